The Morgan fingerprint density at radius 3 is 2.85 bits per heavy atom. The Morgan fingerprint density at radius 2 is 2.38 bits per heavy atom. The largest absolute Gasteiger partial charge is 0.338 e. The van der Waals surface area contributed by atoms with E-state index in [1.165, 1.54) is 0 Å². The van der Waals surface area contributed by atoms with Gasteiger partial charge in [-0.2, -0.15) is 0 Å². The summed E-state index contributed by atoms with van der Waals surface area (Å²) in [6, 6.07) is 0. The third kappa shape index (κ3) is 2.98. The van der Waals surface area contributed by atoms with Crippen LogP contribution in [-0.2, 0) is 22.3 Å². The number of imidazole rings is 1. The van der Waals surface area contributed by atoms with Crippen LogP contribution in [-0.4, -0.2) is 22.8 Å². The molecule has 74 valence electrons. The second-order valence-corrected chi connectivity index (χ2v) is 5.65. The minimum atomic E-state index is -2.49. The van der Waals surface area contributed by atoms with Crippen molar-refractivity contribution in [1.82, 2.24) is 9.55 Å². The zero-order valence-electron chi connectivity index (χ0n) is 8.23. The molecule has 1 atom stereocenters. The monoisotopic (exact) mass is 202 g/mol. The Morgan fingerprint density at radius 1 is 1.69 bits per heavy atom. The first kappa shape index (κ1) is 10.5. The SMILES string of the molecule is CCOP(C)(=O)Cc1nccn1C. The van der Waals surface area contributed by atoms with Crippen molar-refractivity contribution in [3.05, 3.63) is 18.2 Å². The van der Waals surface area contributed by atoms with E-state index in [-0.39, 0.29) is 0 Å². The topological polar surface area (TPSA) is 44.1 Å². The van der Waals surface area contributed by atoms with Gasteiger partial charge in [-0.25, -0.2) is 4.98 Å². The molecule has 0 spiro atoms. The molecule has 1 aromatic rings. The van der Waals surface area contributed by atoms with Crippen LogP contribution in [0.5, 0.6) is 0 Å². The second kappa shape index (κ2) is 4.07. The molecule has 0 fully saturated rings. The van der Waals surface area contributed by atoms with E-state index in [9.17, 15) is 4.57 Å². The quantitative estimate of drug-likeness (QED) is 0.700. The Labute approximate surface area is 78.4 Å². The summed E-state index contributed by atoms with van der Waals surface area (Å²) >= 11 is 0. The van der Waals surface area contributed by atoms with Crippen LogP contribution in [0.1, 0.15) is 12.7 Å². The van der Waals surface area contributed by atoms with Crippen molar-refractivity contribution in [3.8, 4) is 0 Å². The van der Waals surface area contributed by atoms with Gasteiger partial charge >= 0.3 is 0 Å². The molecule has 1 unspecified atom stereocenters. The normalized spacial score (nSPS) is 15.6. The maximum Gasteiger partial charge on any atom is 0.207 e. The van der Waals surface area contributed by atoms with Crippen molar-refractivity contribution in [2.24, 2.45) is 7.05 Å². The summed E-state index contributed by atoms with van der Waals surface area (Å²) in [6.07, 6.45) is 3.94. The van der Waals surface area contributed by atoms with Crippen LogP contribution in [0, 0.1) is 0 Å². The van der Waals surface area contributed by atoms with Gasteiger partial charge in [-0.3, -0.25) is 4.57 Å². The van der Waals surface area contributed by atoms with Crippen LogP contribution in [0.25, 0.3) is 0 Å². The molecule has 0 bridgehead atoms. The summed E-state index contributed by atoms with van der Waals surface area (Å²) in [5.74, 6) is 0.805. The molecule has 5 heteroatoms. The number of rotatable bonds is 4. The van der Waals surface area contributed by atoms with Crippen molar-refractivity contribution in [2.45, 2.75) is 13.1 Å². The number of aryl methyl sites for hydroxylation is 1. The van der Waals surface area contributed by atoms with Gasteiger partial charge in [-0.15, -0.1) is 0 Å². The van der Waals surface area contributed by atoms with Gasteiger partial charge in [-0.1, -0.05) is 0 Å². The van der Waals surface area contributed by atoms with Gasteiger partial charge in [0, 0.05) is 26.1 Å². The average Bonchev–Trinajstić information content (AvgIpc) is 2.35. The molecule has 0 aliphatic heterocycles. The van der Waals surface area contributed by atoms with Crippen LogP contribution in [0.2, 0.25) is 0 Å². The van der Waals surface area contributed by atoms with E-state index in [2.05, 4.69) is 4.98 Å². The standard InChI is InChI=1S/C8H15N2O2P/c1-4-12-13(3,11)7-8-9-5-6-10(8)2/h5-6H,4,7H2,1-3H3. The van der Waals surface area contributed by atoms with Crippen LogP contribution in [0.3, 0.4) is 0 Å². The molecule has 0 aliphatic carbocycles. The van der Waals surface area contributed by atoms with E-state index >= 15 is 0 Å². The minimum Gasteiger partial charge on any atom is -0.338 e. The molecule has 0 aromatic carbocycles. The Hall–Kier alpha value is -0.600. The number of hydrogen-bond donors (Lipinski definition) is 0. The highest BCUT2D eigenvalue weighted by atomic mass is 31.2. The van der Waals surface area contributed by atoms with Crippen LogP contribution in [0.15, 0.2) is 12.4 Å². The highest BCUT2D eigenvalue weighted by Crippen LogP contribution is 2.45. The predicted molar refractivity (Wildman–Crippen MR) is 52.1 cm³/mol. The molecule has 0 aliphatic rings. The smallest absolute Gasteiger partial charge is 0.207 e. The minimum absolute atomic E-state index is 0.407. The zero-order chi connectivity index (χ0) is 9.90. The van der Waals surface area contributed by atoms with Gasteiger partial charge in [0.15, 0.2) is 0 Å². The number of hydrogen-bond acceptors (Lipinski definition) is 3. The molecule has 1 rings (SSSR count). The van der Waals surface area contributed by atoms with Crippen molar-refractivity contribution < 1.29 is 9.09 Å². The van der Waals surface area contributed by atoms with Gasteiger partial charge in [-0.05, 0) is 6.92 Å². The first-order valence-electron chi connectivity index (χ1n) is 4.22. The van der Waals surface area contributed by atoms with E-state index in [0.29, 0.717) is 12.8 Å². The zero-order valence-corrected chi connectivity index (χ0v) is 9.12. The van der Waals surface area contributed by atoms with Crippen LogP contribution >= 0.6 is 7.37 Å². The highest BCUT2D eigenvalue weighted by molar-refractivity contribution is 7.57. The Bertz CT molecular complexity index is 322. The van der Waals surface area contributed by atoms with E-state index < -0.39 is 7.37 Å². The van der Waals surface area contributed by atoms with Gasteiger partial charge in [0.2, 0.25) is 7.37 Å². The summed E-state index contributed by atoms with van der Waals surface area (Å²) in [5.41, 5.74) is 0. The molecule has 13 heavy (non-hydrogen) atoms. The molecule has 0 saturated carbocycles. The van der Waals surface area contributed by atoms with Gasteiger partial charge in [0.1, 0.15) is 5.82 Å². The maximum absolute atomic E-state index is 11.8. The first-order chi connectivity index (χ1) is 6.05. The third-order valence-electron chi connectivity index (χ3n) is 1.75. The molecular formula is C8H15N2O2P. The van der Waals surface area contributed by atoms with Crippen molar-refractivity contribution in [3.63, 3.8) is 0 Å². The lowest BCUT2D eigenvalue weighted by Crippen LogP contribution is -1.99. The van der Waals surface area contributed by atoms with Gasteiger partial charge in [0.25, 0.3) is 0 Å². The lowest BCUT2D eigenvalue weighted by molar-refractivity contribution is 0.335. The first-order valence-corrected chi connectivity index (χ1v) is 6.48. The van der Waals surface area contributed by atoms with Crippen molar-refractivity contribution >= 4 is 7.37 Å². The number of nitrogens with zero attached hydrogens (tertiary/aromatic N) is 2. The molecule has 0 amide bonds. The lowest BCUT2D eigenvalue weighted by atomic mass is 10.7. The molecule has 1 aromatic heterocycles. The molecule has 1 heterocycles. The van der Waals surface area contributed by atoms with Crippen molar-refractivity contribution in [1.29, 1.82) is 0 Å². The predicted octanol–water partition coefficient (Wildman–Crippen LogP) is 1.86. The van der Waals surface area contributed by atoms with Crippen molar-refractivity contribution in [2.75, 3.05) is 13.3 Å². The summed E-state index contributed by atoms with van der Waals surface area (Å²) in [6.45, 7) is 3.97. The van der Waals surface area contributed by atoms with Crippen LogP contribution in [0.4, 0.5) is 0 Å². The molecule has 4 nitrogen and oxygen atoms in total. The second-order valence-electron chi connectivity index (χ2n) is 3.04. The van der Waals surface area contributed by atoms with Gasteiger partial charge in [0.05, 0.1) is 12.8 Å². The van der Waals surface area contributed by atoms with Gasteiger partial charge < -0.3 is 9.09 Å². The maximum atomic E-state index is 11.8. The summed E-state index contributed by atoms with van der Waals surface area (Å²) in [5, 5.41) is 0. The fourth-order valence-electron chi connectivity index (χ4n) is 1.12. The summed E-state index contributed by atoms with van der Waals surface area (Å²) in [4.78, 5) is 4.09. The highest BCUT2D eigenvalue weighted by Gasteiger charge is 2.18. The Balaban J connectivity index is 2.69. The van der Waals surface area contributed by atoms with E-state index in [4.69, 9.17) is 4.52 Å². The van der Waals surface area contributed by atoms with E-state index in [1.807, 2.05) is 24.7 Å². The summed E-state index contributed by atoms with van der Waals surface area (Å²) < 4.78 is 18.8. The molecule has 0 radical (unpaired) electrons. The summed E-state index contributed by atoms with van der Waals surface area (Å²) in [7, 11) is -0.608. The molecular weight excluding hydrogens is 187 g/mol. The molecule has 0 N–H and O–H groups in total. The van der Waals surface area contributed by atoms with E-state index in [1.54, 1.807) is 12.9 Å². The average molecular weight is 202 g/mol. The molecule has 0 saturated heterocycles. The number of aromatic nitrogens is 2. The third-order valence-corrected chi connectivity index (χ3v) is 3.41. The fourth-order valence-corrected chi connectivity index (χ4v) is 2.58. The van der Waals surface area contributed by atoms with Crippen LogP contribution < -0.4 is 0 Å². The van der Waals surface area contributed by atoms with E-state index in [0.717, 1.165) is 5.82 Å². The Kier molecular flexibility index (Phi) is 3.28. The lowest BCUT2D eigenvalue weighted by Gasteiger charge is -2.11. The fraction of sp³-hybridized carbons (Fsp3) is 0.625.